The Labute approximate surface area is 195 Å². The summed E-state index contributed by atoms with van der Waals surface area (Å²) in [4.78, 5) is 33.8. The van der Waals surface area contributed by atoms with Crippen LogP contribution in [0.4, 0.5) is 0 Å². The maximum Gasteiger partial charge on any atom is 0.266 e. The summed E-state index contributed by atoms with van der Waals surface area (Å²) in [5.74, 6) is 1.56. The molecule has 0 spiro atoms. The summed E-state index contributed by atoms with van der Waals surface area (Å²) < 4.78 is 7.24. The van der Waals surface area contributed by atoms with Crippen LogP contribution < -0.4 is 10.3 Å². The molecule has 33 heavy (non-hydrogen) atoms. The van der Waals surface area contributed by atoms with Crippen molar-refractivity contribution in [3.8, 4) is 11.4 Å². The molecule has 1 saturated carbocycles. The Balaban J connectivity index is 1.83. The van der Waals surface area contributed by atoms with E-state index in [4.69, 9.17) is 9.72 Å². The molecule has 0 N–H and O–H groups in total. The van der Waals surface area contributed by atoms with E-state index < -0.39 is 0 Å². The number of carbonyl (C=O) groups is 1. The van der Waals surface area contributed by atoms with Gasteiger partial charge in [-0.3, -0.25) is 14.2 Å². The molecule has 0 radical (unpaired) electrons. The van der Waals surface area contributed by atoms with Gasteiger partial charge >= 0.3 is 0 Å². The van der Waals surface area contributed by atoms with Gasteiger partial charge in [-0.1, -0.05) is 38.3 Å². The normalized spacial score (nSPS) is 15.4. The van der Waals surface area contributed by atoms with Crippen LogP contribution >= 0.6 is 0 Å². The fraction of sp³-hybridized carbons (Fsp3) is 0.444. The minimum absolute atomic E-state index is 0.0592. The lowest BCUT2D eigenvalue weighted by molar-refractivity contribution is -0.137. The Bertz CT molecular complexity index is 1160. The van der Waals surface area contributed by atoms with Gasteiger partial charge in [0.05, 0.1) is 29.2 Å². The predicted octanol–water partition coefficient (Wildman–Crippen LogP) is 5.27. The molecule has 1 aliphatic rings. The maximum absolute atomic E-state index is 13.7. The number of nitrogens with zero attached hydrogens (tertiary/aromatic N) is 3. The van der Waals surface area contributed by atoms with E-state index in [1.54, 1.807) is 10.6 Å². The number of fused-ring (bicyclic) bond motifs is 1. The van der Waals surface area contributed by atoms with Gasteiger partial charge < -0.3 is 9.64 Å². The zero-order valence-corrected chi connectivity index (χ0v) is 19.8. The number of aromatic nitrogens is 2. The van der Waals surface area contributed by atoms with E-state index in [1.165, 1.54) is 6.42 Å². The summed E-state index contributed by atoms with van der Waals surface area (Å²) in [6.45, 7) is 4.56. The topological polar surface area (TPSA) is 64.4 Å². The Morgan fingerprint density at radius 2 is 1.79 bits per heavy atom. The molecule has 3 aromatic rings. The van der Waals surface area contributed by atoms with Gasteiger partial charge in [-0.25, -0.2) is 4.98 Å². The van der Waals surface area contributed by atoms with Crippen molar-refractivity contribution in [1.82, 2.24) is 14.5 Å². The molecule has 1 unspecified atom stereocenters. The van der Waals surface area contributed by atoms with Crippen LogP contribution in [0.2, 0.25) is 0 Å². The van der Waals surface area contributed by atoms with Crippen molar-refractivity contribution >= 4 is 16.8 Å². The smallest absolute Gasteiger partial charge is 0.266 e. The molecule has 0 aliphatic heterocycles. The van der Waals surface area contributed by atoms with E-state index in [9.17, 15) is 9.59 Å². The summed E-state index contributed by atoms with van der Waals surface area (Å²) in [6.07, 6.45) is 5.95. The SMILES string of the molecule is CCOc1ccc(-n2c(C(CC)N(C)C(=O)C3CCCCC3)nc3ccccc3c2=O)cc1. The first-order chi connectivity index (χ1) is 16.0. The van der Waals surface area contributed by atoms with Crippen LogP contribution in [0.5, 0.6) is 5.75 Å². The second-order valence-corrected chi connectivity index (χ2v) is 8.76. The fourth-order valence-corrected chi connectivity index (χ4v) is 4.90. The molecule has 4 rings (SSSR count). The number of amides is 1. The first-order valence-corrected chi connectivity index (χ1v) is 12.1. The highest BCUT2D eigenvalue weighted by atomic mass is 16.5. The van der Waals surface area contributed by atoms with Crippen LogP contribution in [-0.4, -0.2) is 34.0 Å². The minimum atomic E-state index is -0.302. The van der Waals surface area contributed by atoms with Crippen LogP contribution in [0.25, 0.3) is 16.6 Å². The standard InChI is InChI=1S/C27H33N3O3/c1-4-24(29(3)26(31)19-11-7-6-8-12-19)25-28-23-14-10-9-13-22(23)27(32)30(25)20-15-17-21(18-16-20)33-5-2/h9-10,13-19,24H,4-8,11-12H2,1-3H3. The minimum Gasteiger partial charge on any atom is -0.494 e. The van der Waals surface area contributed by atoms with Gasteiger partial charge in [-0.05, 0) is 62.6 Å². The van der Waals surface area contributed by atoms with Gasteiger partial charge in [0.1, 0.15) is 11.6 Å². The Morgan fingerprint density at radius 3 is 2.45 bits per heavy atom. The van der Waals surface area contributed by atoms with E-state index in [0.717, 1.165) is 31.4 Å². The maximum atomic E-state index is 13.7. The van der Waals surface area contributed by atoms with Gasteiger partial charge in [-0.15, -0.1) is 0 Å². The summed E-state index contributed by atoms with van der Waals surface area (Å²) in [5.41, 5.74) is 1.24. The van der Waals surface area contributed by atoms with Gasteiger partial charge in [-0.2, -0.15) is 0 Å². The molecule has 6 nitrogen and oxygen atoms in total. The van der Waals surface area contributed by atoms with Gasteiger partial charge in [0.2, 0.25) is 5.91 Å². The molecule has 1 amide bonds. The largest absolute Gasteiger partial charge is 0.494 e. The number of ether oxygens (including phenoxy) is 1. The van der Waals surface area contributed by atoms with Gasteiger partial charge in [0.25, 0.3) is 5.56 Å². The zero-order valence-electron chi connectivity index (χ0n) is 19.8. The van der Waals surface area contributed by atoms with Gasteiger partial charge in [0.15, 0.2) is 0 Å². The quantitative estimate of drug-likeness (QED) is 0.495. The van der Waals surface area contributed by atoms with Gasteiger partial charge in [0, 0.05) is 13.0 Å². The van der Waals surface area contributed by atoms with Crippen molar-refractivity contribution in [3.63, 3.8) is 0 Å². The van der Waals surface area contributed by atoms with Crippen molar-refractivity contribution in [1.29, 1.82) is 0 Å². The number of para-hydroxylation sites is 1. The molecular weight excluding hydrogens is 414 g/mol. The van der Waals surface area contributed by atoms with E-state index in [-0.39, 0.29) is 23.4 Å². The van der Waals surface area contributed by atoms with E-state index >= 15 is 0 Å². The van der Waals surface area contributed by atoms with E-state index in [1.807, 2.05) is 68.3 Å². The van der Waals surface area contributed by atoms with Crippen molar-refractivity contribution in [2.75, 3.05) is 13.7 Å². The van der Waals surface area contributed by atoms with Crippen LogP contribution in [0, 0.1) is 5.92 Å². The van der Waals surface area contributed by atoms with E-state index in [0.29, 0.717) is 35.4 Å². The molecule has 1 aromatic heterocycles. The molecule has 0 saturated heterocycles. The van der Waals surface area contributed by atoms with Crippen molar-refractivity contribution < 1.29 is 9.53 Å². The second kappa shape index (κ2) is 10.2. The number of hydrogen-bond donors (Lipinski definition) is 0. The van der Waals surface area contributed by atoms with Crippen molar-refractivity contribution in [3.05, 3.63) is 64.7 Å². The molecule has 1 fully saturated rings. The molecule has 1 aliphatic carbocycles. The third kappa shape index (κ3) is 4.65. The summed E-state index contributed by atoms with van der Waals surface area (Å²) in [5, 5.41) is 0.561. The first kappa shape index (κ1) is 23.0. The second-order valence-electron chi connectivity index (χ2n) is 8.76. The lowest BCUT2D eigenvalue weighted by Crippen LogP contribution is -2.39. The lowest BCUT2D eigenvalue weighted by atomic mass is 9.88. The zero-order chi connectivity index (χ0) is 23.4. The molecule has 1 heterocycles. The molecule has 6 heteroatoms. The molecule has 174 valence electrons. The van der Waals surface area contributed by atoms with Crippen LogP contribution in [-0.2, 0) is 4.79 Å². The fourth-order valence-electron chi connectivity index (χ4n) is 4.90. The lowest BCUT2D eigenvalue weighted by Gasteiger charge is -2.33. The molecule has 1 atom stereocenters. The summed E-state index contributed by atoms with van der Waals surface area (Å²) in [7, 11) is 1.86. The number of carbonyl (C=O) groups excluding carboxylic acids is 1. The highest BCUT2D eigenvalue weighted by Crippen LogP contribution is 2.30. The third-order valence-electron chi connectivity index (χ3n) is 6.66. The third-order valence-corrected chi connectivity index (χ3v) is 6.66. The highest BCUT2D eigenvalue weighted by molar-refractivity contribution is 5.80. The Kier molecular flexibility index (Phi) is 7.11. The monoisotopic (exact) mass is 447 g/mol. The molecule has 2 aromatic carbocycles. The average molecular weight is 448 g/mol. The molecule has 0 bridgehead atoms. The van der Waals surface area contributed by atoms with Crippen LogP contribution in [0.3, 0.4) is 0 Å². The first-order valence-electron chi connectivity index (χ1n) is 12.1. The average Bonchev–Trinajstić information content (AvgIpc) is 2.85. The number of rotatable bonds is 7. The number of hydrogen-bond acceptors (Lipinski definition) is 4. The van der Waals surface area contributed by atoms with Crippen molar-refractivity contribution in [2.24, 2.45) is 5.92 Å². The number of benzene rings is 2. The summed E-state index contributed by atoms with van der Waals surface area (Å²) in [6, 6.07) is 14.6. The Morgan fingerprint density at radius 1 is 1.09 bits per heavy atom. The highest BCUT2D eigenvalue weighted by Gasteiger charge is 2.31. The van der Waals surface area contributed by atoms with Crippen LogP contribution in [0.1, 0.15) is 64.2 Å². The summed E-state index contributed by atoms with van der Waals surface area (Å²) >= 11 is 0. The van der Waals surface area contributed by atoms with E-state index in [2.05, 4.69) is 0 Å². The van der Waals surface area contributed by atoms with Crippen molar-refractivity contribution in [2.45, 2.75) is 58.4 Å². The molecular formula is C27H33N3O3. The Hall–Kier alpha value is -3.15. The predicted molar refractivity (Wildman–Crippen MR) is 131 cm³/mol. The van der Waals surface area contributed by atoms with Crippen LogP contribution in [0.15, 0.2) is 53.3 Å².